The van der Waals surface area contributed by atoms with Crippen molar-refractivity contribution in [3.05, 3.63) is 29.2 Å². The molecule has 1 aromatic rings. The van der Waals surface area contributed by atoms with Gasteiger partial charge in [-0.05, 0) is 6.07 Å². The van der Waals surface area contributed by atoms with Gasteiger partial charge in [0.15, 0.2) is 4.98 Å². The van der Waals surface area contributed by atoms with Gasteiger partial charge in [0.1, 0.15) is 5.69 Å². The maximum atomic E-state index is 8.57. The summed E-state index contributed by atoms with van der Waals surface area (Å²) in [4.78, 5) is 5.05. The Morgan fingerprint density at radius 3 is 2.25 bits per heavy atom. The maximum Gasteiger partial charge on any atom is 2.00 e. The summed E-state index contributed by atoms with van der Waals surface area (Å²) in [6.45, 7) is 0. The fraction of sp³-hybridized carbons (Fsp3) is 0.250. The van der Waals surface area contributed by atoms with E-state index in [9.17, 15) is 0 Å². The van der Waals surface area contributed by atoms with Gasteiger partial charge < -0.3 is 4.90 Å². The molecule has 56 valence electrons. The SMILES string of the molecule is CN(C)c1ccccc1[N+]#N.[Zn+2]. The summed E-state index contributed by atoms with van der Waals surface area (Å²) >= 11 is 0. The molecule has 0 saturated heterocycles. The molecule has 1 aromatic carbocycles. The number of nitrogens with zero attached hydrogens (tertiary/aromatic N) is 3. The van der Waals surface area contributed by atoms with E-state index in [0.29, 0.717) is 5.69 Å². The van der Waals surface area contributed by atoms with Gasteiger partial charge >= 0.3 is 25.2 Å². The topological polar surface area (TPSA) is 31.4 Å². The van der Waals surface area contributed by atoms with E-state index in [2.05, 4.69) is 4.98 Å². The molecule has 0 unspecified atom stereocenters. The molecule has 1 rings (SSSR count). The molecule has 0 aliphatic rings. The number of hydrogen-bond donors (Lipinski definition) is 0. The van der Waals surface area contributed by atoms with Crippen molar-refractivity contribution in [1.82, 2.24) is 0 Å². The zero-order valence-corrected chi connectivity index (χ0v) is 10.3. The predicted octanol–water partition coefficient (Wildman–Crippen LogP) is 2.23. The smallest absolute Gasteiger partial charge is 0.371 e. The molecule has 0 heterocycles. The first-order valence-corrected chi connectivity index (χ1v) is 3.37. The maximum absolute atomic E-state index is 8.57. The summed E-state index contributed by atoms with van der Waals surface area (Å²) in [7, 11) is 3.81. The number of rotatable bonds is 1. The van der Waals surface area contributed by atoms with E-state index in [1.807, 2.05) is 37.2 Å². The molecule has 0 radical (unpaired) electrons. The van der Waals surface area contributed by atoms with E-state index in [1.165, 1.54) is 0 Å². The van der Waals surface area contributed by atoms with Crippen LogP contribution in [0, 0.1) is 5.39 Å². The van der Waals surface area contributed by atoms with E-state index in [-0.39, 0.29) is 19.5 Å². The standard InChI is InChI=1S/C8H10N3.Zn/c1-11(2)8-6-4-3-5-7(8)10-9;/h3-6H,1-2H3;/q+1;+2. The van der Waals surface area contributed by atoms with Crippen LogP contribution in [0.3, 0.4) is 0 Å². The van der Waals surface area contributed by atoms with Crippen LogP contribution in [0.1, 0.15) is 0 Å². The van der Waals surface area contributed by atoms with E-state index >= 15 is 0 Å². The molecule has 0 N–H and O–H groups in total. The van der Waals surface area contributed by atoms with Gasteiger partial charge in [0, 0.05) is 20.2 Å². The Morgan fingerprint density at radius 1 is 1.25 bits per heavy atom. The molecule has 0 aromatic heterocycles. The van der Waals surface area contributed by atoms with Crippen molar-refractivity contribution < 1.29 is 19.5 Å². The molecule has 4 heteroatoms. The third-order valence-electron chi connectivity index (χ3n) is 1.47. The number of hydrogen-bond acceptors (Lipinski definition) is 2. The molecular weight excluding hydrogens is 203 g/mol. The van der Waals surface area contributed by atoms with Gasteiger partial charge in [0.2, 0.25) is 5.39 Å². The van der Waals surface area contributed by atoms with E-state index < -0.39 is 0 Å². The largest absolute Gasteiger partial charge is 2.00 e. The number of anilines is 1. The van der Waals surface area contributed by atoms with Crippen molar-refractivity contribution in [2.24, 2.45) is 0 Å². The Labute approximate surface area is 84.8 Å². The number of para-hydroxylation sites is 1. The molecular formula is C8H10N3Zn+3. The van der Waals surface area contributed by atoms with Crippen LogP contribution in [0.4, 0.5) is 11.4 Å². The summed E-state index contributed by atoms with van der Waals surface area (Å²) in [6.07, 6.45) is 0. The van der Waals surface area contributed by atoms with Crippen molar-refractivity contribution in [3.8, 4) is 0 Å². The van der Waals surface area contributed by atoms with Crippen molar-refractivity contribution >= 4 is 11.4 Å². The first kappa shape index (κ1) is 11.1. The first-order valence-electron chi connectivity index (χ1n) is 3.37. The van der Waals surface area contributed by atoms with E-state index in [1.54, 1.807) is 6.07 Å². The second kappa shape index (κ2) is 4.84. The zero-order valence-electron chi connectivity index (χ0n) is 7.36. The zero-order chi connectivity index (χ0) is 8.27. The van der Waals surface area contributed by atoms with Crippen LogP contribution < -0.4 is 4.90 Å². The molecule has 0 aliphatic heterocycles. The molecule has 0 atom stereocenters. The fourth-order valence-electron chi connectivity index (χ4n) is 0.927. The van der Waals surface area contributed by atoms with E-state index in [0.717, 1.165) is 5.69 Å². The summed E-state index contributed by atoms with van der Waals surface area (Å²) in [6, 6.07) is 7.40. The van der Waals surface area contributed by atoms with Crippen LogP contribution in [0.25, 0.3) is 4.98 Å². The van der Waals surface area contributed by atoms with Crippen molar-refractivity contribution in [3.63, 3.8) is 0 Å². The molecule has 0 amide bonds. The minimum atomic E-state index is 0. The van der Waals surface area contributed by atoms with Gasteiger partial charge in [-0.1, -0.05) is 12.1 Å². The molecule has 0 bridgehead atoms. The Kier molecular flexibility index (Phi) is 4.47. The van der Waals surface area contributed by atoms with Gasteiger partial charge in [-0.15, -0.1) is 0 Å². The van der Waals surface area contributed by atoms with Crippen LogP contribution in [-0.2, 0) is 19.5 Å². The summed E-state index contributed by atoms with van der Waals surface area (Å²) in [5.41, 5.74) is 1.51. The Balaban J connectivity index is 0.00000121. The van der Waals surface area contributed by atoms with Gasteiger partial charge in [0.25, 0.3) is 0 Å². The third-order valence-corrected chi connectivity index (χ3v) is 1.47. The molecule has 0 aliphatic carbocycles. The van der Waals surface area contributed by atoms with Gasteiger partial charge in [0.05, 0.1) is 0 Å². The van der Waals surface area contributed by atoms with Crippen LogP contribution in [0.15, 0.2) is 24.3 Å². The minimum Gasteiger partial charge on any atom is -0.371 e. The average molecular weight is 214 g/mol. The van der Waals surface area contributed by atoms with Gasteiger partial charge in [-0.3, -0.25) is 0 Å². The second-order valence-electron chi connectivity index (χ2n) is 2.48. The monoisotopic (exact) mass is 212 g/mol. The Hall–Kier alpha value is -0.937. The quantitative estimate of drug-likeness (QED) is 0.529. The van der Waals surface area contributed by atoms with Crippen LogP contribution >= 0.6 is 0 Å². The molecule has 12 heavy (non-hydrogen) atoms. The van der Waals surface area contributed by atoms with Gasteiger partial charge in [-0.25, -0.2) is 0 Å². The predicted molar refractivity (Wildman–Crippen MR) is 45.5 cm³/mol. The van der Waals surface area contributed by atoms with E-state index in [4.69, 9.17) is 5.39 Å². The average Bonchev–Trinajstić information content (AvgIpc) is 2.04. The van der Waals surface area contributed by atoms with Gasteiger partial charge in [-0.2, -0.15) is 0 Å². The van der Waals surface area contributed by atoms with Crippen LogP contribution in [0.5, 0.6) is 0 Å². The van der Waals surface area contributed by atoms with Crippen molar-refractivity contribution in [2.45, 2.75) is 0 Å². The number of benzene rings is 1. The Morgan fingerprint density at radius 2 is 1.83 bits per heavy atom. The van der Waals surface area contributed by atoms with Crippen molar-refractivity contribution in [2.75, 3.05) is 19.0 Å². The molecule has 0 fully saturated rings. The molecule has 0 spiro atoms. The first-order chi connectivity index (χ1) is 5.25. The normalized spacial score (nSPS) is 8.08. The molecule has 0 saturated carbocycles. The van der Waals surface area contributed by atoms with Crippen LogP contribution in [-0.4, -0.2) is 14.1 Å². The second-order valence-corrected chi connectivity index (χ2v) is 2.48. The minimum absolute atomic E-state index is 0. The fourth-order valence-corrected chi connectivity index (χ4v) is 0.927. The Bertz CT molecular complexity index is 291. The summed E-state index contributed by atoms with van der Waals surface area (Å²) in [5.74, 6) is 0. The third kappa shape index (κ3) is 2.28. The number of diazo groups is 1. The molecule has 3 nitrogen and oxygen atoms in total. The summed E-state index contributed by atoms with van der Waals surface area (Å²) in [5, 5.41) is 8.57. The summed E-state index contributed by atoms with van der Waals surface area (Å²) < 4.78 is 0. The van der Waals surface area contributed by atoms with Crippen molar-refractivity contribution in [1.29, 1.82) is 5.39 Å². The van der Waals surface area contributed by atoms with Crippen LogP contribution in [0.2, 0.25) is 0 Å².